The van der Waals surface area contributed by atoms with Crippen LogP contribution < -0.4 is 15.4 Å². The standard InChI is InChI=1S/C36H43ClN4O2/c1-24-28(7-5-9-34(24)43-3)23-41(31-14-15-31)36(42)35-32(19-30-20-38-21-33(35)39-30)27-12-10-25(11-13-27)16-17-40(2)22-26-6-4-8-29(37)18-26/h4-13,18,30-31,33,38-39H,14-17,19-23H2,1-3H3/t30-,33+/m0/s1. The Hall–Kier alpha value is -3.16. The zero-order chi connectivity index (χ0) is 29.9. The summed E-state index contributed by atoms with van der Waals surface area (Å²) in [5.41, 5.74) is 8.10. The Kier molecular flexibility index (Phi) is 9.20. The SMILES string of the molecule is COc1cccc(CN(C(=O)C2=C(c3ccc(CCN(C)Cc4cccc(Cl)c4)cc3)C[C@H]3CNC[C@H]2N3)C2CC2)c1C. The lowest BCUT2D eigenvalue weighted by Crippen LogP contribution is -2.60. The molecule has 2 heterocycles. The van der Waals surface area contributed by atoms with Crippen LogP contribution in [-0.2, 0) is 24.3 Å². The van der Waals surface area contributed by atoms with Crippen LogP contribution >= 0.6 is 11.6 Å². The number of likely N-dealkylation sites (N-methyl/N-ethyl adjacent to an activating group) is 1. The molecule has 6 nitrogen and oxygen atoms in total. The lowest BCUT2D eigenvalue weighted by atomic mass is 9.83. The van der Waals surface area contributed by atoms with Crippen LogP contribution in [0.1, 0.15) is 47.1 Å². The normalized spacial score (nSPS) is 19.9. The van der Waals surface area contributed by atoms with Gasteiger partial charge < -0.3 is 25.2 Å². The summed E-state index contributed by atoms with van der Waals surface area (Å²) in [5, 5.41) is 8.10. The van der Waals surface area contributed by atoms with Crippen molar-refractivity contribution in [3.05, 3.63) is 105 Å². The van der Waals surface area contributed by atoms with Crippen molar-refractivity contribution < 1.29 is 9.53 Å². The van der Waals surface area contributed by atoms with Crippen LogP contribution in [0.15, 0.2) is 72.3 Å². The number of amides is 1. The molecule has 1 aliphatic carbocycles. The number of benzene rings is 3. The highest BCUT2D eigenvalue weighted by Crippen LogP contribution is 2.37. The van der Waals surface area contributed by atoms with Crippen LogP contribution in [0.2, 0.25) is 5.02 Å². The number of halogens is 1. The number of carbonyl (C=O) groups excluding carboxylic acids is 1. The molecule has 1 saturated carbocycles. The first-order valence-electron chi connectivity index (χ1n) is 15.5. The van der Waals surface area contributed by atoms with E-state index in [1.165, 1.54) is 22.3 Å². The molecule has 0 unspecified atom stereocenters. The highest BCUT2D eigenvalue weighted by atomic mass is 35.5. The molecule has 0 radical (unpaired) electrons. The van der Waals surface area contributed by atoms with E-state index in [1.807, 2.05) is 30.3 Å². The molecule has 0 spiro atoms. The largest absolute Gasteiger partial charge is 0.496 e. The fourth-order valence-corrected chi connectivity index (χ4v) is 6.81. The van der Waals surface area contributed by atoms with Crippen LogP contribution in [0.3, 0.4) is 0 Å². The summed E-state index contributed by atoms with van der Waals surface area (Å²) in [5.74, 6) is 1.04. The number of rotatable bonds is 11. The van der Waals surface area contributed by atoms with Crippen molar-refractivity contribution in [1.82, 2.24) is 20.4 Å². The van der Waals surface area contributed by atoms with Crippen LogP contribution in [0.4, 0.5) is 0 Å². The minimum Gasteiger partial charge on any atom is -0.496 e. The second-order valence-electron chi connectivity index (χ2n) is 12.4. The highest BCUT2D eigenvalue weighted by Gasteiger charge is 2.41. The Labute approximate surface area is 261 Å². The summed E-state index contributed by atoms with van der Waals surface area (Å²) in [6, 6.07) is 23.8. The van der Waals surface area contributed by atoms with E-state index in [0.717, 1.165) is 79.3 Å². The van der Waals surface area contributed by atoms with E-state index in [4.69, 9.17) is 16.3 Å². The monoisotopic (exact) mass is 598 g/mol. The van der Waals surface area contributed by atoms with Gasteiger partial charge in [-0.2, -0.15) is 0 Å². The second-order valence-corrected chi connectivity index (χ2v) is 12.8. The van der Waals surface area contributed by atoms with Gasteiger partial charge in [0.25, 0.3) is 5.91 Å². The first kappa shape index (κ1) is 29.9. The number of hydrogen-bond donors (Lipinski definition) is 2. The molecule has 2 bridgehead atoms. The van der Waals surface area contributed by atoms with Gasteiger partial charge in [-0.05, 0) is 91.2 Å². The van der Waals surface area contributed by atoms with E-state index in [1.54, 1.807) is 7.11 Å². The molecule has 2 aliphatic heterocycles. The van der Waals surface area contributed by atoms with E-state index in [9.17, 15) is 4.79 Å². The van der Waals surface area contributed by atoms with Crippen molar-refractivity contribution in [2.75, 3.05) is 33.8 Å². The first-order valence-corrected chi connectivity index (χ1v) is 15.9. The second kappa shape index (κ2) is 13.2. The van der Waals surface area contributed by atoms with E-state index in [0.29, 0.717) is 18.6 Å². The minimum atomic E-state index is 0.0162. The molecule has 2 N–H and O–H groups in total. The van der Waals surface area contributed by atoms with E-state index in [-0.39, 0.29) is 11.9 Å². The summed E-state index contributed by atoms with van der Waals surface area (Å²) in [6.07, 6.45) is 3.95. The number of nitrogens with one attached hydrogen (secondary N) is 2. The lowest BCUT2D eigenvalue weighted by molar-refractivity contribution is -0.128. The van der Waals surface area contributed by atoms with Gasteiger partial charge >= 0.3 is 0 Å². The number of nitrogens with zero attached hydrogens (tertiary/aromatic N) is 2. The van der Waals surface area contributed by atoms with Gasteiger partial charge in [-0.3, -0.25) is 4.79 Å². The third-order valence-corrected chi connectivity index (χ3v) is 9.40. The maximum atomic E-state index is 14.5. The zero-order valence-corrected chi connectivity index (χ0v) is 26.3. The van der Waals surface area contributed by atoms with Crippen LogP contribution in [0.25, 0.3) is 5.57 Å². The highest BCUT2D eigenvalue weighted by molar-refractivity contribution is 6.30. The van der Waals surface area contributed by atoms with Gasteiger partial charge in [0.2, 0.25) is 0 Å². The van der Waals surface area contributed by atoms with Gasteiger partial charge in [0.15, 0.2) is 0 Å². The molecule has 0 aromatic heterocycles. The van der Waals surface area contributed by atoms with Crippen molar-refractivity contribution in [2.45, 2.75) is 63.8 Å². The number of ether oxygens (including phenoxy) is 1. The predicted molar refractivity (Wildman–Crippen MR) is 174 cm³/mol. The quantitative estimate of drug-likeness (QED) is 0.301. The van der Waals surface area contributed by atoms with Crippen molar-refractivity contribution >= 4 is 23.1 Å². The fraction of sp³-hybridized carbons (Fsp3) is 0.417. The Bertz CT molecular complexity index is 1480. The average Bonchev–Trinajstić information content (AvgIpc) is 3.85. The lowest BCUT2D eigenvalue weighted by Gasteiger charge is -2.41. The van der Waals surface area contributed by atoms with Crippen LogP contribution in [0, 0.1) is 6.92 Å². The summed E-state index contributed by atoms with van der Waals surface area (Å²) in [7, 11) is 3.86. The topological polar surface area (TPSA) is 56.8 Å². The van der Waals surface area contributed by atoms with Gasteiger partial charge in [0.05, 0.1) is 13.2 Å². The predicted octanol–water partition coefficient (Wildman–Crippen LogP) is 5.61. The number of carbonyl (C=O) groups is 1. The smallest absolute Gasteiger partial charge is 0.252 e. The Morgan fingerprint density at radius 2 is 1.79 bits per heavy atom. The van der Waals surface area contributed by atoms with Gasteiger partial charge in [-0.15, -0.1) is 0 Å². The maximum Gasteiger partial charge on any atom is 0.252 e. The number of fused-ring (bicyclic) bond motifs is 2. The van der Waals surface area contributed by atoms with Crippen molar-refractivity contribution in [3.63, 3.8) is 0 Å². The molecule has 7 heteroatoms. The van der Waals surface area contributed by atoms with E-state index in [2.05, 4.69) is 70.8 Å². The number of piperazine rings is 1. The summed E-state index contributed by atoms with van der Waals surface area (Å²) < 4.78 is 5.58. The average molecular weight is 599 g/mol. The van der Waals surface area contributed by atoms with Crippen LogP contribution in [0.5, 0.6) is 5.75 Å². The molecule has 43 heavy (non-hydrogen) atoms. The van der Waals surface area contributed by atoms with Crippen LogP contribution in [-0.4, -0.2) is 67.6 Å². The van der Waals surface area contributed by atoms with Crippen molar-refractivity contribution in [2.24, 2.45) is 0 Å². The summed E-state index contributed by atoms with van der Waals surface area (Å²) in [6.45, 7) is 6.21. The third-order valence-electron chi connectivity index (χ3n) is 9.16. The maximum absolute atomic E-state index is 14.5. The molecule has 3 aliphatic rings. The summed E-state index contributed by atoms with van der Waals surface area (Å²) >= 11 is 6.17. The fourth-order valence-electron chi connectivity index (χ4n) is 6.60. The molecule has 1 saturated heterocycles. The molecular formula is C36H43ClN4O2. The molecule has 1 amide bonds. The molecule has 3 aromatic rings. The van der Waals surface area contributed by atoms with Gasteiger partial charge in [0, 0.05) is 55.4 Å². The third kappa shape index (κ3) is 6.99. The summed E-state index contributed by atoms with van der Waals surface area (Å²) in [4.78, 5) is 19.0. The zero-order valence-electron chi connectivity index (χ0n) is 25.5. The molecular weight excluding hydrogens is 556 g/mol. The van der Waals surface area contributed by atoms with Crippen molar-refractivity contribution in [1.29, 1.82) is 0 Å². The van der Waals surface area contributed by atoms with E-state index >= 15 is 0 Å². The van der Waals surface area contributed by atoms with Gasteiger partial charge in [-0.1, -0.05) is 60.1 Å². The Morgan fingerprint density at radius 1 is 1.00 bits per heavy atom. The number of hydrogen-bond acceptors (Lipinski definition) is 5. The molecule has 6 rings (SSSR count). The molecule has 2 atom stereocenters. The minimum absolute atomic E-state index is 0.0162. The van der Waals surface area contributed by atoms with Gasteiger partial charge in [-0.25, -0.2) is 0 Å². The van der Waals surface area contributed by atoms with Crippen molar-refractivity contribution in [3.8, 4) is 5.75 Å². The Balaban J connectivity index is 1.22. The number of methoxy groups -OCH3 is 1. The molecule has 2 fully saturated rings. The van der Waals surface area contributed by atoms with E-state index < -0.39 is 0 Å². The van der Waals surface area contributed by atoms with Gasteiger partial charge in [0.1, 0.15) is 5.75 Å². The first-order chi connectivity index (χ1) is 20.9. The molecule has 3 aromatic carbocycles. The molecule has 226 valence electrons. The Morgan fingerprint density at radius 3 is 2.53 bits per heavy atom.